The van der Waals surface area contributed by atoms with Crippen molar-refractivity contribution in [3.8, 4) is 6.07 Å². The van der Waals surface area contributed by atoms with Crippen LogP contribution in [0.4, 0.5) is 0 Å². The molecule has 1 aliphatic rings. The third-order valence-corrected chi connectivity index (χ3v) is 4.15. The number of benzene rings is 1. The van der Waals surface area contributed by atoms with E-state index in [1.54, 1.807) is 0 Å². The zero-order chi connectivity index (χ0) is 15.2. The van der Waals surface area contributed by atoms with Gasteiger partial charge in [0.05, 0.1) is 37.4 Å². The molecule has 2 rings (SSSR count). The molecule has 4 nitrogen and oxygen atoms in total. The van der Waals surface area contributed by atoms with Crippen molar-refractivity contribution in [2.24, 2.45) is 5.92 Å². The third-order valence-electron chi connectivity index (χ3n) is 4.15. The maximum Gasteiger partial charge on any atom is 0.308 e. The van der Waals surface area contributed by atoms with Gasteiger partial charge in [0.2, 0.25) is 0 Å². The number of nitrogens with zero attached hydrogens (tertiary/aromatic N) is 1. The van der Waals surface area contributed by atoms with Crippen molar-refractivity contribution >= 4 is 5.97 Å². The average Bonchev–Trinajstić information content (AvgIpc) is 2.53. The molecule has 0 amide bonds. The van der Waals surface area contributed by atoms with Crippen LogP contribution in [0.3, 0.4) is 0 Å². The number of aryl methyl sites for hydroxylation is 1. The maximum absolute atomic E-state index is 11.5. The van der Waals surface area contributed by atoms with Gasteiger partial charge in [0, 0.05) is 0 Å². The Bertz CT molecular complexity index is 539. The lowest BCUT2D eigenvalue weighted by atomic mass is 9.87. The molecule has 0 radical (unpaired) electrons. The average molecular weight is 287 g/mol. The standard InChI is InChI=1S/C17H21NO3/c1-12-9-13(10-18)3-4-15(12)11-21-16-7-5-14(6-8-16)17(19)20-2/h3-4,9,14,16H,5-8,11H2,1-2H3. The lowest BCUT2D eigenvalue weighted by Crippen LogP contribution is -2.26. The summed E-state index contributed by atoms with van der Waals surface area (Å²) in [5.74, 6) is -0.0668. The molecule has 4 heteroatoms. The van der Waals surface area contributed by atoms with Gasteiger partial charge in [-0.05, 0) is 55.9 Å². The van der Waals surface area contributed by atoms with Gasteiger partial charge in [-0.3, -0.25) is 4.79 Å². The maximum atomic E-state index is 11.5. The van der Waals surface area contributed by atoms with Crippen LogP contribution in [0.1, 0.15) is 42.4 Å². The number of nitriles is 1. The molecule has 1 aromatic carbocycles. The number of rotatable bonds is 4. The Morgan fingerprint density at radius 1 is 1.33 bits per heavy atom. The van der Waals surface area contributed by atoms with Gasteiger partial charge in [0.25, 0.3) is 0 Å². The van der Waals surface area contributed by atoms with Gasteiger partial charge >= 0.3 is 5.97 Å². The van der Waals surface area contributed by atoms with Gasteiger partial charge in [0.15, 0.2) is 0 Å². The van der Waals surface area contributed by atoms with E-state index in [0.29, 0.717) is 12.2 Å². The first-order valence-corrected chi connectivity index (χ1v) is 7.33. The van der Waals surface area contributed by atoms with E-state index in [1.807, 2.05) is 25.1 Å². The second kappa shape index (κ2) is 7.24. The lowest BCUT2D eigenvalue weighted by molar-refractivity contribution is -0.147. The van der Waals surface area contributed by atoms with Crippen molar-refractivity contribution in [3.63, 3.8) is 0 Å². The van der Waals surface area contributed by atoms with E-state index in [-0.39, 0.29) is 18.0 Å². The molecule has 21 heavy (non-hydrogen) atoms. The first kappa shape index (κ1) is 15.5. The van der Waals surface area contributed by atoms with Crippen LogP contribution in [0.15, 0.2) is 18.2 Å². The molecule has 0 unspecified atom stereocenters. The van der Waals surface area contributed by atoms with Gasteiger partial charge < -0.3 is 9.47 Å². The molecule has 0 saturated heterocycles. The normalized spacial score (nSPS) is 21.6. The number of carbonyl (C=O) groups excluding carboxylic acids is 1. The van der Waals surface area contributed by atoms with Gasteiger partial charge in [-0.2, -0.15) is 5.26 Å². The highest BCUT2D eigenvalue weighted by Crippen LogP contribution is 2.28. The van der Waals surface area contributed by atoms with Crippen molar-refractivity contribution in [1.29, 1.82) is 5.26 Å². The van der Waals surface area contributed by atoms with Crippen LogP contribution in [0.5, 0.6) is 0 Å². The predicted molar refractivity (Wildman–Crippen MR) is 78.4 cm³/mol. The fraction of sp³-hybridized carbons (Fsp3) is 0.529. The smallest absolute Gasteiger partial charge is 0.308 e. The predicted octanol–water partition coefficient (Wildman–Crippen LogP) is 3.12. The first-order valence-electron chi connectivity index (χ1n) is 7.33. The van der Waals surface area contributed by atoms with Crippen molar-refractivity contribution in [3.05, 3.63) is 34.9 Å². The minimum absolute atomic E-state index is 0.0338. The van der Waals surface area contributed by atoms with Crippen LogP contribution in [0.2, 0.25) is 0 Å². The number of hydrogen-bond acceptors (Lipinski definition) is 4. The molecule has 0 spiro atoms. The molecule has 0 N–H and O–H groups in total. The molecular formula is C17H21NO3. The van der Waals surface area contributed by atoms with Gasteiger partial charge in [0.1, 0.15) is 0 Å². The van der Waals surface area contributed by atoms with Crippen LogP contribution in [-0.2, 0) is 20.9 Å². The summed E-state index contributed by atoms with van der Waals surface area (Å²) in [5.41, 5.74) is 2.87. The van der Waals surface area contributed by atoms with Crippen molar-refractivity contribution in [1.82, 2.24) is 0 Å². The van der Waals surface area contributed by atoms with Crippen LogP contribution >= 0.6 is 0 Å². The molecule has 0 heterocycles. The summed E-state index contributed by atoms with van der Waals surface area (Å²) >= 11 is 0. The molecule has 0 aromatic heterocycles. The molecule has 0 aliphatic heterocycles. The highest BCUT2D eigenvalue weighted by molar-refractivity contribution is 5.72. The minimum Gasteiger partial charge on any atom is -0.469 e. The van der Waals surface area contributed by atoms with Crippen LogP contribution in [0, 0.1) is 24.2 Å². The van der Waals surface area contributed by atoms with E-state index in [1.165, 1.54) is 7.11 Å². The third kappa shape index (κ3) is 4.05. The Kier molecular flexibility index (Phi) is 5.35. The van der Waals surface area contributed by atoms with E-state index < -0.39 is 0 Å². The van der Waals surface area contributed by atoms with E-state index in [4.69, 9.17) is 14.7 Å². The summed E-state index contributed by atoms with van der Waals surface area (Å²) in [6.07, 6.45) is 3.68. The summed E-state index contributed by atoms with van der Waals surface area (Å²) < 4.78 is 10.7. The zero-order valence-electron chi connectivity index (χ0n) is 12.6. The topological polar surface area (TPSA) is 59.3 Å². The number of methoxy groups -OCH3 is 1. The summed E-state index contributed by atoms with van der Waals surface area (Å²) in [6.45, 7) is 2.55. The molecule has 1 aliphatic carbocycles. The minimum atomic E-state index is -0.101. The SMILES string of the molecule is COC(=O)C1CCC(OCc2ccc(C#N)cc2C)CC1. The van der Waals surface area contributed by atoms with E-state index in [2.05, 4.69) is 6.07 Å². The number of carbonyl (C=O) groups is 1. The van der Waals surface area contributed by atoms with Crippen LogP contribution in [0.25, 0.3) is 0 Å². The fourth-order valence-corrected chi connectivity index (χ4v) is 2.77. The Hall–Kier alpha value is -1.86. The van der Waals surface area contributed by atoms with Gasteiger partial charge in [-0.15, -0.1) is 0 Å². The van der Waals surface area contributed by atoms with Crippen molar-refractivity contribution in [2.45, 2.75) is 45.3 Å². The second-order valence-electron chi connectivity index (χ2n) is 5.56. The molecule has 112 valence electrons. The number of esters is 1. The number of hydrogen-bond donors (Lipinski definition) is 0. The molecule has 1 fully saturated rings. The monoisotopic (exact) mass is 287 g/mol. The van der Waals surface area contributed by atoms with E-state index in [9.17, 15) is 4.79 Å². The Morgan fingerprint density at radius 2 is 2.05 bits per heavy atom. The highest BCUT2D eigenvalue weighted by Gasteiger charge is 2.27. The van der Waals surface area contributed by atoms with E-state index >= 15 is 0 Å². The molecule has 1 aromatic rings. The molecule has 1 saturated carbocycles. The van der Waals surface area contributed by atoms with Gasteiger partial charge in [-0.1, -0.05) is 6.07 Å². The summed E-state index contributed by atoms with van der Waals surface area (Å²) in [4.78, 5) is 11.5. The molecule has 0 bridgehead atoms. The first-order chi connectivity index (χ1) is 10.1. The van der Waals surface area contributed by atoms with Crippen molar-refractivity contribution < 1.29 is 14.3 Å². The molecular weight excluding hydrogens is 266 g/mol. The highest BCUT2D eigenvalue weighted by atomic mass is 16.5. The fourth-order valence-electron chi connectivity index (χ4n) is 2.77. The summed E-state index contributed by atoms with van der Waals surface area (Å²) in [5, 5.41) is 8.86. The number of ether oxygens (including phenoxy) is 2. The van der Waals surface area contributed by atoms with Crippen LogP contribution < -0.4 is 0 Å². The lowest BCUT2D eigenvalue weighted by Gasteiger charge is -2.27. The Morgan fingerprint density at radius 3 is 2.62 bits per heavy atom. The van der Waals surface area contributed by atoms with Crippen LogP contribution in [-0.4, -0.2) is 19.2 Å². The quantitative estimate of drug-likeness (QED) is 0.798. The Balaban J connectivity index is 1.82. The second-order valence-corrected chi connectivity index (χ2v) is 5.56. The summed E-state index contributed by atoms with van der Waals surface area (Å²) in [6, 6.07) is 7.79. The summed E-state index contributed by atoms with van der Waals surface area (Å²) in [7, 11) is 1.44. The zero-order valence-corrected chi connectivity index (χ0v) is 12.6. The Labute approximate surface area is 125 Å². The van der Waals surface area contributed by atoms with E-state index in [0.717, 1.165) is 36.8 Å². The van der Waals surface area contributed by atoms with Crippen molar-refractivity contribution in [2.75, 3.05) is 7.11 Å². The van der Waals surface area contributed by atoms with Gasteiger partial charge in [-0.25, -0.2) is 0 Å². The molecule has 0 atom stereocenters. The largest absolute Gasteiger partial charge is 0.469 e.